The molecular weight excluding hydrogens is 369 g/mol. The van der Waals surface area contributed by atoms with E-state index in [9.17, 15) is 9.18 Å². The van der Waals surface area contributed by atoms with Crippen LogP contribution in [0.2, 0.25) is 0 Å². The molecule has 0 radical (unpaired) electrons. The van der Waals surface area contributed by atoms with Crippen molar-refractivity contribution in [3.8, 4) is 11.5 Å². The number of para-hydroxylation sites is 2. The molecule has 1 amide bonds. The number of nitrogens with zero attached hydrogens (tertiary/aromatic N) is 2. The first-order valence-electron chi connectivity index (χ1n) is 9.09. The van der Waals surface area contributed by atoms with E-state index >= 15 is 0 Å². The summed E-state index contributed by atoms with van der Waals surface area (Å²) >= 11 is 0. The van der Waals surface area contributed by atoms with Crippen LogP contribution in [0, 0.1) is 5.82 Å². The van der Waals surface area contributed by atoms with Crippen molar-refractivity contribution in [1.82, 2.24) is 9.78 Å². The minimum Gasteiger partial charge on any atom is -0.457 e. The SMILES string of the molecule is O=C(Nc1ccn(Cc2ccccc2Oc2ccccc2)n1)c1ccccc1F. The van der Waals surface area contributed by atoms with Crippen molar-refractivity contribution in [1.29, 1.82) is 0 Å². The van der Waals surface area contributed by atoms with Crippen LogP contribution in [-0.4, -0.2) is 15.7 Å². The molecule has 0 saturated carbocycles. The van der Waals surface area contributed by atoms with Gasteiger partial charge in [-0.25, -0.2) is 4.39 Å². The Bertz CT molecular complexity index is 1130. The molecule has 1 heterocycles. The van der Waals surface area contributed by atoms with Crippen LogP contribution >= 0.6 is 0 Å². The highest BCUT2D eigenvalue weighted by atomic mass is 19.1. The molecule has 5 nitrogen and oxygen atoms in total. The van der Waals surface area contributed by atoms with Gasteiger partial charge in [0.25, 0.3) is 5.91 Å². The topological polar surface area (TPSA) is 56.2 Å². The molecule has 0 atom stereocenters. The van der Waals surface area contributed by atoms with Crippen LogP contribution in [0.25, 0.3) is 0 Å². The molecular formula is C23H18FN3O2. The van der Waals surface area contributed by atoms with E-state index in [-0.39, 0.29) is 5.56 Å². The number of amides is 1. The van der Waals surface area contributed by atoms with Crippen molar-refractivity contribution >= 4 is 11.7 Å². The Balaban J connectivity index is 1.47. The molecule has 0 aliphatic rings. The summed E-state index contributed by atoms with van der Waals surface area (Å²) in [6.45, 7) is 0.457. The second-order valence-corrected chi connectivity index (χ2v) is 6.36. The summed E-state index contributed by atoms with van der Waals surface area (Å²) in [4.78, 5) is 12.2. The first kappa shape index (κ1) is 18.4. The summed E-state index contributed by atoms with van der Waals surface area (Å²) in [7, 11) is 0. The Labute approximate surface area is 167 Å². The number of ether oxygens (including phenoxy) is 1. The lowest BCUT2D eigenvalue weighted by Crippen LogP contribution is -2.14. The number of rotatable bonds is 6. The minimum absolute atomic E-state index is 0.0244. The first-order valence-corrected chi connectivity index (χ1v) is 9.09. The van der Waals surface area contributed by atoms with Crippen molar-refractivity contribution in [2.45, 2.75) is 6.54 Å². The maximum atomic E-state index is 13.8. The molecule has 0 saturated heterocycles. The fourth-order valence-corrected chi connectivity index (χ4v) is 2.87. The zero-order chi connectivity index (χ0) is 20.1. The van der Waals surface area contributed by atoms with E-state index in [4.69, 9.17) is 4.74 Å². The van der Waals surface area contributed by atoms with Gasteiger partial charge >= 0.3 is 0 Å². The molecule has 3 aromatic carbocycles. The van der Waals surface area contributed by atoms with E-state index in [0.717, 1.165) is 17.1 Å². The lowest BCUT2D eigenvalue weighted by Gasteiger charge is -2.11. The molecule has 144 valence electrons. The molecule has 0 aliphatic carbocycles. The highest BCUT2D eigenvalue weighted by Crippen LogP contribution is 2.25. The summed E-state index contributed by atoms with van der Waals surface area (Å²) in [6, 6.07) is 24.7. The van der Waals surface area contributed by atoms with E-state index in [2.05, 4.69) is 10.4 Å². The van der Waals surface area contributed by atoms with Gasteiger partial charge in [0.05, 0.1) is 12.1 Å². The van der Waals surface area contributed by atoms with Crippen molar-refractivity contribution in [3.05, 3.63) is 108 Å². The maximum Gasteiger partial charge on any atom is 0.259 e. The van der Waals surface area contributed by atoms with Crippen molar-refractivity contribution in [3.63, 3.8) is 0 Å². The summed E-state index contributed by atoms with van der Waals surface area (Å²) < 4.78 is 21.4. The largest absolute Gasteiger partial charge is 0.457 e. The molecule has 29 heavy (non-hydrogen) atoms. The third-order valence-corrected chi connectivity index (χ3v) is 4.28. The first-order chi connectivity index (χ1) is 14.2. The number of anilines is 1. The molecule has 0 spiro atoms. The van der Waals surface area contributed by atoms with Gasteiger partial charge in [-0.1, -0.05) is 48.5 Å². The number of carbonyl (C=O) groups excluding carboxylic acids is 1. The molecule has 6 heteroatoms. The quantitative estimate of drug-likeness (QED) is 0.500. The van der Waals surface area contributed by atoms with Gasteiger partial charge in [-0.15, -0.1) is 0 Å². The predicted octanol–water partition coefficient (Wildman–Crippen LogP) is 5.12. The van der Waals surface area contributed by atoms with E-state index < -0.39 is 11.7 Å². The second-order valence-electron chi connectivity index (χ2n) is 6.36. The molecule has 0 bridgehead atoms. The molecule has 0 unspecified atom stereocenters. The Morgan fingerprint density at radius 2 is 1.66 bits per heavy atom. The summed E-state index contributed by atoms with van der Waals surface area (Å²) in [6.07, 6.45) is 1.75. The average molecular weight is 387 g/mol. The molecule has 1 aromatic heterocycles. The Kier molecular flexibility index (Phi) is 5.33. The normalized spacial score (nSPS) is 10.5. The monoisotopic (exact) mass is 387 g/mol. The number of aromatic nitrogens is 2. The zero-order valence-corrected chi connectivity index (χ0v) is 15.5. The maximum absolute atomic E-state index is 13.8. The highest BCUT2D eigenvalue weighted by Gasteiger charge is 2.13. The molecule has 0 aliphatic heterocycles. The number of hydrogen-bond acceptors (Lipinski definition) is 3. The zero-order valence-electron chi connectivity index (χ0n) is 15.5. The molecule has 0 fully saturated rings. The lowest BCUT2D eigenvalue weighted by atomic mass is 10.2. The molecule has 4 aromatic rings. The standard InChI is InChI=1S/C23H18FN3O2/c24-20-12-6-5-11-19(20)23(28)25-22-14-15-27(26-22)16-17-8-4-7-13-21(17)29-18-9-2-1-3-10-18/h1-15H,16H2,(H,25,26,28). The van der Waals surface area contributed by atoms with Crippen molar-refractivity contribution < 1.29 is 13.9 Å². The van der Waals surface area contributed by atoms with Crippen molar-refractivity contribution in [2.75, 3.05) is 5.32 Å². The van der Waals surface area contributed by atoms with Gasteiger partial charge in [0, 0.05) is 17.8 Å². The number of hydrogen-bond donors (Lipinski definition) is 1. The minimum atomic E-state index is -0.573. The fourth-order valence-electron chi connectivity index (χ4n) is 2.87. The van der Waals surface area contributed by atoms with Gasteiger partial charge in [0.1, 0.15) is 17.3 Å². The number of nitrogens with one attached hydrogen (secondary N) is 1. The second kappa shape index (κ2) is 8.39. The summed E-state index contributed by atoms with van der Waals surface area (Å²) in [5.74, 6) is 0.710. The van der Waals surface area contributed by atoms with E-state index in [0.29, 0.717) is 12.4 Å². The third-order valence-electron chi connectivity index (χ3n) is 4.28. The number of benzene rings is 3. The molecule has 4 rings (SSSR count). The van der Waals surface area contributed by atoms with E-state index in [1.54, 1.807) is 23.0 Å². The van der Waals surface area contributed by atoms with Crippen molar-refractivity contribution in [2.24, 2.45) is 0 Å². The number of halogens is 1. The Morgan fingerprint density at radius 1 is 0.931 bits per heavy atom. The average Bonchev–Trinajstić information content (AvgIpc) is 3.17. The van der Waals surface area contributed by atoms with Gasteiger partial charge in [-0.3, -0.25) is 9.48 Å². The lowest BCUT2D eigenvalue weighted by molar-refractivity contribution is 0.102. The summed E-state index contributed by atoms with van der Waals surface area (Å²) in [5.41, 5.74) is 0.912. The van der Waals surface area contributed by atoms with Gasteiger partial charge < -0.3 is 10.1 Å². The Hall–Kier alpha value is -3.93. The molecule has 1 N–H and O–H groups in total. The van der Waals surface area contributed by atoms with Crippen LogP contribution in [0.3, 0.4) is 0 Å². The van der Waals surface area contributed by atoms with Gasteiger partial charge in [0.2, 0.25) is 0 Å². The van der Waals surface area contributed by atoms with Crippen LogP contribution in [0.15, 0.2) is 91.1 Å². The fraction of sp³-hybridized carbons (Fsp3) is 0.0435. The van der Waals surface area contributed by atoms with Crippen LogP contribution in [-0.2, 0) is 6.54 Å². The van der Waals surface area contributed by atoms with E-state index in [1.165, 1.54) is 18.2 Å². The Morgan fingerprint density at radius 3 is 2.48 bits per heavy atom. The van der Waals surface area contributed by atoms with Gasteiger partial charge in [-0.05, 0) is 30.3 Å². The summed E-state index contributed by atoms with van der Waals surface area (Å²) in [5, 5.41) is 6.97. The van der Waals surface area contributed by atoms with Crippen LogP contribution < -0.4 is 10.1 Å². The van der Waals surface area contributed by atoms with E-state index in [1.807, 2.05) is 54.6 Å². The third kappa shape index (κ3) is 4.50. The smallest absolute Gasteiger partial charge is 0.259 e. The van der Waals surface area contributed by atoms with Gasteiger partial charge in [-0.2, -0.15) is 5.10 Å². The van der Waals surface area contributed by atoms with Crippen LogP contribution in [0.4, 0.5) is 10.2 Å². The van der Waals surface area contributed by atoms with Crippen LogP contribution in [0.5, 0.6) is 11.5 Å². The van der Waals surface area contributed by atoms with Gasteiger partial charge in [0.15, 0.2) is 5.82 Å². The van der Waals surface area contributed by atoms with Crippen LogP contribution in [0.1, 0.15) is 15.9 Å². The highest BCUT2D eigenvalue weighted by molar-refractivity contribution is 6.03. The number of carbonyl (C=O) groups is 1. The predicted molar refractivity (Wildman–Crippen MR) is 109 cm³/mol.